The van der Waals surface area contributed by atoms with Gasteiger partial charge in [-0.25, -0.2) is 9.78 Å². The number of nitrogens with zero attached hydrogens (tertiary/aromatic N) is 3. The molecule has 1 atom stereocenters. The number of ether oxygens (including phenoxy) is 3. The summed E-state index contributed by atoms with van der Waals surface area (Å²) >= 11 is 0. The van der Waals surface area contributed by atoms with Crippen LogP contribution in [0.25, 0.3) is 11.0 Å². The molecule has 0 aliphatic carbocycles. The largest absolute Gasteiger partial charge is 0.481 e. The Morgan fingerprint density at radius 1 is 1.15 bits per heavy atom. The van der Waals surface area contributed by atoms with Crippen LogP contribution in [0, 0.1) is 0 Å². The van der Waals surface area contributed by atoms with Crippen LogP contribution in [0.1, 0.15) is 18.4 Å². The van der Waals surface area contributed by atoms with Gasteiger partial charge in [0.2, 0.25) is 11.8 Å². The van der Waals surface area contributed by atoms with E-state index in [0.717, 1.165) is 18.4 Å². The van der Waals surface area contributed by atoms with E-state index in [9.17, 15) is 9.59 Å². The van der Waals surface area contributed by atoms with Gasteiger partial charge in [-0.2, -0.15) is 0 Å². The SMILES string of the molecule is COc1ccc2nccc(NC(=O)COC3CCCN(C(=O)OCc4ccccc4)C3)c2n1. The van der Waals surface area contributed by atoms with E-state index in [0.29, 0.717) is 35.7 Å². The number of aromatic nitrogens is 2. The summed E-state index contributed by atoms with van der Waals surface area (Å²) in [5, 5.41) is 2.82. The summed E-state index contributed by atoms with van der Waals surface area (Å²) in [5.41, 5.74) is 2.65. The molecule has 172 valence electrons. The molecule has 0 bridgehead atoms. The highest BCUT2D eigenvalue weighted by Crippen LogP contribution is 2.22. The number of fused-ring (bicyclic) bond motifs is 1. The van der Waals surface area contributed by atoms with Crippen LogP contribution in [0.4, 0.5) is 10.5 Å². The summed E-state index contributed by atoms with van der Waals surface area (Å²) in [6.07, 6.45) is 2.55. The van der Waals surface area contributed by atoms with Crippen molar-refractivity contribution in [1.29, 1.82) is 0 Å². The number of anilines is 1. The van der Waals surface area contributed by atoms with Gasteiger partial charge in [0.15, 0.2) is 0 Å². The van der Waals surface area contributed by atoms with Crippen LogP contribution in [-0.2, 0) is 20.9 Å². The third kappa shape index (κ3) is 5.95. The van der Waals surface area contributed by atoms with Gasteiger partial charge in [-0.1, -0.05) is 30.3 Å². The van der Waals surface area contributed by atoms with Crippen molar-refractivity contribution in [2.24, 2.45) is 0 Å². The van der Waals surface area contributed by atoms with Gasteiger partial charge in [-0.05, 0) is 30.5 Å². The van der Waals surface area contributed by atoms with Gasteiger partial charge in [0.25, 0.3) is 0 Å². The number of hydrogen-bond acceptors (Lipinski definition) is 7. The second-order valence-corrected chi connectivity index (χ2v) is 7.69. The first-order valence-corrected chi connectivity index (χ1v) is 10.8. The second kappa shape index (κ2) is 10.7. The van der Waals surface area contributed by atoms with E-state index in [1.807, 2.05) is 30.3 Å². The predicted octanol–water partition coefficient (Wildman–Crippen LogP) is 3.39. The maximum absolute atomic E-state index is 12.5. The third-order valence-corrected chi connectivity index (χ3v) is 5.33. The Morgan fingerprint density at radius 3 is 2.82 bits per heavy atom. The number of methoxy groups -OCH3 is 1. The topological polar surface area (TPSA) is 103 Å². The molecule has 1 aliphatic heterocycles. The Bertz CT molecular complexity index is 1110. The summed E-state index contributed by atoms with van der Waals surface area (Å²) < 4.78 is 16.4. The molecule has 3 heterocycles. The van der Waals surface area contributed by atoms with Gasteiger partial charge in [-0.3, -0.25) is 9.78 Å². The lowest BCUT2D eigenvalue weighted by Crippen LogP contribution is -2.44. The minimum Gasteiger partial charge on any atom is -0.481 e. The Hall–Kier alpha value is -3.72. The molecule has 0 spiro atoms. The van der Waals surface area contributed by atoms with E-state index in [-0.39, 0.29) is 31.3 Å². The summed E-state index contributed by atoms with van der Waals surface area (Å²) in [7, 11) is 1.53. The molecule has 4 rings (SSSR count). The molecule has 33 heavy (non-hydrogen) atoms. The smallest absolute Gasteiger partial charge is 0.410 e. The summed E-state index contributed by atoms with van der Waals surface area (Å²) in [4.78, 5) is 35.2. The van der Waals surface area contributed by atoms with Crippen LogP contribution in [0.2, 0.25) is 0 Å². The number of rotatable bonds is 7. The van der Waals surface area contributed by atoms with E-state index >= 15 is 0 Å². The fourth-order valence-corrected chi connectivity index (χ4v) is 3.65. The van der Waals surface area contributed by atoms with Crippen molar-refractivity contribution >= 4 is 28.7 Å². The highest BCUT2D eigenvalue weighted by molar-refractivity contribution is 5.99. The summed E-state index contributed by atoms with van der Waals surface area (Å²) in [6.45, 7) is 1.09. The van der Waals surface area contributed by atoms with Crippen LogP contribution in [0.15, 0.2) is 54.7 Å². The number of carbonyl (C=O) groups excluding carboxylic acids is 2. The second-order valence-electron chi connectivity index (χ2n) is 7.69. The molecule has 3 aromatic rings. The molecule has 2 aromatic heterocycles. The molecule has 1 N–H and O–H groups in total. The van der Waals surface area contributed by atoms with Crippen LogP contribution in [0.3, 0.4) is 0 Å². The molecule has 1 aromatic carbocycles. The Kier molecular flexibility index (Phi) is 7.31. The van der Waals surface area contributed by atoms with E-state index < -0.39 is 0 Å². The van der Waals surface area contributed by atoms with Gasteiger partial charge in [-0.15, -0.1) is 0 Å². The van der Waals surface area contributed by atoms with Gasteiger partial charge in [0.05, 0.1) is 31.0 Å². The van der Waals surface area contributed by atoms with E-state index in [4.69, 9.17) is 14.2 Å². The average molecular weight is 450 g/mol. The van der Waals surface area contributed by atoms with Crippen LogP contribution in [0.5, 0.6) is 5.88 Å². The number of benzene rings is 1. The zero-order chi connectivity index (χ0) is 23.0. The van der Waals surface area contributed by atoms with Crippen LogP contribution >= 0.6 is 0 Å². The number of likely N-dealkylation sites (tertiary alicyclic amines) is 1. The number of hydrogen-bond donors (Lipinski definition) is 1. The minimum absolute atomic E-state index is 0.134. The molecule has 0 saturated carbocycles. The Balaban J connectivity index is 1.28. The first-order valence-electron chi connectivity index (χ1n) is 10.8. The molecule has 1 unspecified atom stereocenters. The number of amides is 2. The van der Waals surface area contributed by atoms with Crippen molar-refractivity contribution in [2.75, 3.05) is 32.1 Å². The molecular formula is C24H26N4O5. The maximum atomic E-state index is 12.5. The van der Waals surface area contributed by atoms with Gasteiger partial charge >= 0.3 is 6.09 Å². The van der Waals surface area contributed by atoms with Crippen molar-refractivity contribution in [3.8, 4) is 5.88 Å². The van der Waals surface area contributed by atoms with Crippen molar-refractivity contribution in [2.45, 2.75) is 25.6 Å². The van der Waals surface area contributed by atoms with Crippen molar-refractivity contribution in [3.63, 3.8) is 0 Å². The van der Waals surface area contributed by atoms with E-state index in [2.05, 4.69) is 15.3 Å². The molecular weight excluding hydrogens is 424 g/mol. The minimum atomic E-state index is -0.375. The maximum Gasteiger partial charge on any atom is 0.410 e. The van der Waals surface area contributed by atoms with Crippen molar-refractivity contribution in [1.82, 2.24) is 14.9 Å². The molecule has 1 fully saturated rings. The monoisotopic (exact) mass is 450 g/mol. The molecule has 9 heteroatoms. The fraction of sp³-hybridized carbons (Fsp3) is 0.333. The standard InChI is InChI=1S/C24H26N4O5/c1-31-22-10-9-19-23(27-22)20(11-12-25-19)26-21(29)16-32-18-8-5-13-28(14-18)24(30)33-15-17-6-3-2-4-7-17/h2-4,6-7,9-12,18H,5,8,13-16H2,1H3,(H,25,26,29). The molecule has 1 saturated heterocycles. The molecule has 2 amide bonds. The van der Waals surface area contributed by atoms with Crippen molar-refractivity contribution < 1.29 is 23.8 Å². The van der Waals surface area contributed by atoms with Crippen molar-refractivity contribution in [3.05, 3.63) is 60.3 Å². The molecule has 9 nitrogen and oxygen atoms in total. The van der Waals surface area contributed by atoms with Gasteiger partial charge in [0.1, 0.15) is 18.7 Å². The lowest BCUT2D eigenvalue weighted by atomic mass is 10.1. The predicted molar refractivity (Wildman–Crippen MR) is 122 cm³/mol. The zero-order valence-electron chi connectivity index (χ0n) is 18.4. The molecule has 1 aliphatic rings. The van der Waals surface area contributed by atoms with E-state index in [1.165, 1.54) is 7.11 Å². The quantitative estimate of drug-likeness (QED) is 0.588. The Morgan fingerprint density at radius 2 is 2.00 bits per heavy atom. The van der Waals surface area contributed by atoms with Crippen LogP contribution < -0.4 is 10.1 Å². The first kappa shape index (κ1) is 22.5. The summed E-state index contributed by atoms with van der Waals surface area (Å²) in [6, 6.07) is 14.7. The van der Waals surface area contributed by atoms with Gasteiger partial charge < -0.3 is 24.4 Å². The lowest BCUT2D eigenvalue weighted by Gasteiger charge is -2.31. The van der Waals surface area contributed by atoms with Gasteiger partial charge in [0, 0.05) is 18.8 Å². The highest BCUT2D eigenvalue weighted by atomic mass is 16.6. The highest BCUT2D eigenvalue weighted by Gasteiger charge is 2.26. The fourth-order valence-electron chi connectivity index (χ4n) is 3.65. The average Bonchev–Trinajstić information content (AvgIpc) is 2.87. The lowest BCUT2D eigenvalue weighted by molar-refractivity contribution is -0.123. The van der Waals surface area contributed by atoms with E-state index in [1.54, 1.807) is 29.3 Å². The van der Waals surface area contributed by atoms with Crippen LogP contribution in [-0.4, -0.2) is 59.8 Å². The third-order valence-electron chi connectivity index (χ3n) is 5.33. The number of nitrogens with one attached hydrogen (secondary N) is 1. The Labute approximate surface area is 191 Å². The summed E-state index contributed by atoms with van der Waals surface area (Å²) in [5.74, 6) is 0.125. The normalized spacial score (nSPS) is 15.8. The molecule has 0 radical (unpaired) electrons. The number of carbonyl (C=O) groups is 2. The first-order chi connectivity index (χ1) is 16.1. The number of piperidine rings is 1. The zero-order valence-corrected chi connectivity index (χ0v) is 18.4. The number of pyridine rings is 2.